The van der Waals surface area contributed by atoms with Crippen LogP contribution in [0.5, 0.6) is 0 Å². The average Bonchev–Trinajstić information content (AvgIpc) is 2.43. The highest BCUT2D eigenvalue weighted by molar-refractivity contribution is 5.90. The molecule has 0 atom stereocenters. The molecule has 0 fully saturated rings. The third-order valence-corrected chi connectivity index (χ3v) is 3.07. The van der Waals surface area contributed by atoms with E-state index in [0.29, 0.717) is 6.42 Å². The molecular formula is C17H23NO. The van der Waals surface area contributed by atoms with Gasteiger partial charge in [0, 0.05) is 17.7 Å². The Morgan fingerprint density at radius 1 is 1.21 bits per heavy atom. The molecule has 1 N–H and O–H groups in total. The summed E-state index contributed by atoms with van der Waals surface area (Å²) in [5.41, 5.74) is 1.57. The Hall–Kier alpha value is -1.75. The molecule has 0 aliphatic heterocycles. The van der Waals surface area contributed by atoms with Gasteiger partial charge in [0.2, 0.25) is 5.91 Å². The van der Waals surface area contributed by atoms with Gasteiger partial charge in [0.25, 0.3) is 0 Å². The van der Waals surface area contributed by atoms with Crippen LogP contribution in [0.4, 0.5) is 5.69 Å². The van der Waals surface area contributed by atoms with E-state index in [9.17, 15) is 4.79 Å². The first-order valence-corrected chi connectivity index (χ1v) is 7.12. The molecule has 0 spiro atoms. The van der Waals surface area contributed by atoms with Crippen molar-refractivity contribution in [2.45, 2.75) is 51.9 Å². The van der Waals surface area contributed by atoms with Gasteiger partial charge in [0.15, 0.2) is 0 Å². The highest BCUT2D eigenvalue weighted by atomic mass is 16.1. The standard InChI is InChI=1S/C17H23NO/c1-3-5-6-7-8-9-13-17(19)18-16-12-10-11-15(4-2)14-16/h2,10-12,14H,3,5-9,13H2,1H3,(H,18,19). The molecule has 0 aliphatic rings. The largest absolute Gasteiger partial charge is 0.326 e. The Balaban J connectivity index is 2.22. The van der Waals surface area contributed by atoms with Crippen molar-refractivity contribution in [1.82, 2.24) is 0 Å². The number of carbonyl (C=O) groups excluding carboxylic acids is 1. The van der Waals surface area contributed by atoms with Gasteiger partial charge in [-0.2, -0.15) is 0 Å². The number of rotatable bonds is 8. The smallest absolute Gasteiger partial charge is 0.224 e. The van der Waals surface area contributed by atoms with Crippen molar-refractivity contribution in [2.75, 3.05) is 5.32 Å². The fourth-order valence-electron chi connectivity index (χ4n) is 1.98. The Morgan fingerprint density at radius 3 is 2.68 bits per heavy atom. The summed E-state index contributed by atoms with van der Waals surface area (Å²) in [6.07, 6.45) is 13.1. The number of amides is 1. The third-order valence-electron chi connectivity index (χ3n) is 3.07. The van der Waals surface area contributed by atoms with E-state index in [1.54, 1.807) is 0 Å². The number of hydrogen-bond acceptors (Lipinski definition) is 1. The molecule has 0 saturated carbocycles. The molecule has 0 aliphatic carbocycles. The van der Waals surface area contributed by atoms with Crippen molar-refractivity contribution in [2.24, 2.45) is 0 Å². The van der Waals surface area contributed by atoms with Crippen molar-refractivity contribution in [1.29, 1.82) is 0 Å². The van der Waals surface area contributed by atoms with E-state index in [1.165, 1.54) is 25.7 Å². The molecule has 0 aromatic heterocycles. The van der Waals surface area contributed by atoms with Crippen LogP contribution >= 0.6 is 0 Å². The SMILES string of the molecule is C#Cc1cccc(NC(=O)CCCCCCCC)c1. The second-order valence-corrected chi connectivity index (χ2v) is 4.79. The second kappa shape index (κ2) is 9.22. The number of terminal acetylenes is 1. The summed E-state index contributed by atoms with van der Waals surface area (Å²) in [6, 6.07) is 7.39. The summed E-state index contributed by atoms with van der Waals surface area (Å²) >= 11 is 0. The molecule has 1 rings (SSSR count). The van der Waals surface area contributed by atoms with E-state index in [4.69, 9.17) is 6.42 Å². The normalized spacial score (nSPS) is 9.89. The van der Waals surface area contributed by atoms with E-state index in [-0.39, 0.29) is 5.91 Å². The molecule has 0 radical (unpaired) electrons. The quantitative estimate of drug-likeness (QED) is 0.544. The lowest BCUT2D eigenvalue weighted by molar-refractivity contribution is -0.116. The maximum absolute atomic E-state index is 11.7. The lowest BCUT2D eigenvalue weighted by atomic mass is 10.1. The monoisotopic (exact) mass is 257 g/mol. The van der Waals surface area contributed by atoms with Gasteiger partial charge in [-0.1, -0.05) is 51.0 Å². The number of carbonyl (C=O) groups is 1. The topological polar surface area (TPSA) is 29.1 Å². The van der Waals surface area contributed by atoms with Gasteiger partial charge >= 0.3 is 0 Å². The number of benzene rings is 1. The number of anilines is 1. The second-order valence-electron chi connectivity index (χ2n) is 4.79. The molecule has 2 nitrogen and oxygen atoms in total. The first-order valence-electron chi connectivity index (χ1n) is 7.12. The van der Waals surface area contributed by atoms with Crippen LogP contribution in [-0.4, -0.2) is 5.91 Å². The van der Waals surface area contributed by atoms with Gasteiger partial charge in [0.05, 0.1) is 0 Å². The van der Waals surface area contributed by atoms with Crippen LogP contribution in [0.15, 0.2) is 24.3 Å². The zero-order chi connectivity index (χ0) is 13.9. The van der Waals surface area contributed by atoms with Crippen LogP contribution in [0.1, 0.15) is 57.4 Å². The van der Waals surface area contributed by atoms with Crippen molar-refractivity contribution < 1.29 is 4.79 Å². The molecule has 1 aromatic carbocycles. The highest BCUT2D eigenvalue weighted by Gasteiger charge is 2.02. The van der Waals surface area contributed by atoms with Crippen LogP contribution in [-0.2, 0) is 4.79 Å². The minimum atomic E-state index is 0.0738. The summed E-state index contributed by atoms with van der Waals surface area (Å²) in [4.78, 5) is 11.7. The number of hydrogen-bond donors (Lipinski definition) is 1. The minimum Gasteiger partial charge on any atom is -0.326 e. The lowest BCUT2D eigenvalue weighted by Crippen LogP contribution is -2.11. The van der Waals surface area contributed by atoms with E-state index >= 15 is 0 Å². The van der Waals surface area contributed by atoms with Crippen molar-refractivity contribution >= 4 is 11.6 Å². The minimum absolute atomic E-state index is 0.0738. The molecule has 0 unspecified atom stereocenters. The average molecular weight is 257 g/mol. The summed E-state index contributed by atoms with van der Waals surface area (Å²) in [6.45, 7) is 2.21. The van der Waals surface area contributed by atoms with E-state index in [0.717, 1.165) is 24.1 Å². The zero-order valence-corrected chi connectivity index (χ0v) is 11.7. The Morgan fingerprint density at radius 2 is 1.95 bits per heavy atom. The van der Waals surface area contributed by atoms with E-state index < -0.39 is 0 Å². The van der Waals surface area contributed by atoms with Crippen molar-refractivity contribution in [3.05, 3.63) is 29.8 Å². The summed E-state index contributed by atoms with van der Waals surface area (Å²) in [5.74, 6) is 2.63. The Bertz CT molecular complexity index is 431. The van der Waals surface area contributed by atoms with Gasteiger partial charge in [-0.15, -0.1) is 6.42 Å². The molecular weight excluding hydrogens is 234 g/mol. The molecule has 1 aromatic rings. The molecule has 0 bridgehead atoms. The zero-order valence-electron chi connectivity index (χ0n) is 11.7. The van der Waals surface area contributed by atoms with Gasteiger partial charge in [-0.05, 0) is 24.6 Å². The number of nitrogens with one attached hydrogen (secondary N) is 1. The van der Waals surface area contributed by atoms with Crippen LogP contribution in [0.3, 0.4) is 0 Å². The summed E-state index contributed by atoms with van der Waals surface area (Å²) in [7, 11) is 0. The molecule has 102 valence electrons. The maximum Gasteiger partial charge on any atom is 0.224 e. The Labute approximate surface area is 116 Å². The van der Waals surface area contributed by atoms with Gasteiger partial charge in [-0.25, -0.2) is 0 Å². The van der Waals surface area contributed by atoms with Gasteiger partial charge in [-0.3, -0.25) is 4.79 Å². The molecule has 19 heavy (non-hydrogen) atoms. The summed E-state index contributed by atoms with van der Waals surface area (Å²) < 4.78 is 0. The van der Waals surface area contributed by atoms with Gasteiger partial charge < -0.3 is 5.32 Å². The van der Waals surface area contributed by atoms with Crippen LogP contribution in [0.2, 0.25) is 0 Å². The predicted octanol–water partition coefficient (Wildman–Crippen LogP) is 4.36. The lowest BCUT2D eigenvalue weighted by Gasteiger charge is -2.05. The van der Waals surface area contributed by atoms with Crippen molar-refractivity contribution in [3.63, 3.8) is 0 Å². The molecule has 2 heteroatoms. The first-order chi connectivity index (χ1) is 9.26. The molecule has 0 saturated heterocycles. The summed E-state index contributed by atoms with van der Waals surface area (Å²) in [5, 5.41) is 2.88. The fourth-order valence-corrected chi connectivity index (χ4v) is 1.98. The fraction of sp³-hybridized carbons (Fsp3) is 0.471. The van der Waals surface area contributed by atoms with Crippen molar-refractivity contribution in [3.8, 4) is 12.3 Å². The predicted molar refractivity (Wildman–Crippen MR) is 81.0 cm³/mol. The molecule has 1 amide bonds. The van der Waals surface area contributed by atoms with Crippen LogP contribution < -0.4 is 5.32 Å². The number of unbranched alkanes of at least 4 members (excludes halogenated alkanes) is 5. The maximum atomic E-state index is 11.7. The van der Waals surface area contributed by atoms with Gasteiger partial charge in [0.1, 0.15) is 0 Å². The molecule has 0 heterocycles. The highest BCUT2D eigenvalue weighted by Crippen LogP contribution is 2.11. The van der Waals surface area contributed by atoms with Crippen LogP contribution in [0.25, 0.3) is 0 Å². The van der Waals surface area contributed by atoms with Crippen LogP contribution in [0, 0.1) is 12.3 Å². The van der Waals surface area contributed by atoms with E-state index in [2.05, 4.69) is 18.2 Å². The van der Waals surface area contributed by atoms with E-state index in [1.807, 2.05) is 24.3 Å². The first kappa shape index (κ1) is 15.3. The Kier molecular flexibility index (Phi) is 7.43. The third kappa shape index (κ3) is 6.67.